The SMILES string of the molecule is C[C@H](CO)N1C[C@H](C)[C@@H](CN(C)S(=O)(=O)c2ccc(Cl)cc2)OCCCC[C@H](C)Oc2ccc(NC(=O)c3ccncc3)cc2C1=O. The Morgan fingerprint density at radius 3 is 2.51 bits per heavy atom. The minimum atomic E-state index is -3.85. The van der Waals surface area contributed by atoms with Crippen LogP contribution in [0.25, 0.3) is 0 Å². The summed E-state index contributed by atoms with van der Waals surface area (Å²) in [6.45, 7) is 5.85. The molecule has 1 aliphatic rings. The number of halogens is 1. The highest BCUT2D eigenvalue weighted by atomic mass is 35.5. The number of hydrogen-bond donors (Lipinski definition) is 2. The molecule has 47 heavy (non-hydrogen) atoms. The highest BCUT2D eigenvalue weighted by Crippen LogP contribution is 2.29. The van der Waals surface area contributed by atoms with E-state index in [0.717, 1.165) is 12.8 Å². The van der Waals surface area contributed by atoms with Crippen LogP contribution in [0.5, 0.6) is 5.75 Å². The van der Waals surface area contributed by atoms with E-state index in [1.165, 1.54) is 48.0 Å². The average Bonchev–Trinajstić information content (AvgIpc) is 3.06. The Bertz CT molecular complexity index is 1610. The zero-order valence-corrected chi connectivity index (χ0v) is 28.7. The number of pyridine rings is 1. The number of hydrogen-bond acceptors (Lipinski definition) is 8. The van der Waals surface area contributed by atoms with Crippen molar-refractivity contribution in [3.63, 3.8) is 0 Å². The number of aliphatic hydroxyl groups excluding tert-OH is 1. The third-order valence-electron chi connectivity index (χ3n) is 8.21. The molecule has 0 unspecified atom stereocenters. The molecule has 2 aromatic carbocycles. The molecule has 1 aliphatic heterocycles. The Morgan fingerprint density at radius 2 is 1.83 bits per heavy atom. The van der Waals surface area contributed by atoms with E-state index in [2.05, 4.69) is 10.3 Å². The second-order valence-corrected chi connectivity index (χ2v) is 14.4. The summed E-state index contributed by atoms with van der Waals surface area (Å²) >= 11 is 5.98. The van der Waals surface area contributed by atoms with Gasteiger partial charge < -0.3 is 24.8 Å². The summed E-state index contributed by atoms with van der Waals surface area (Å²) in [6, 6.07) is 13.5. The van der Waals surface area contributed by atoms with Gasteiger partial charge >= 0.3 is 0 Å². The van der Waals surface area contributed by atoms with Gasteiger partial charge in [0.15, 0.2) is 0 Å². The normalized spacial score (nSPS) is 20.5. The standard InChI is InChI=1S/C34H43ClN4O7S/c1-23-20-39(24(2)22-40)34(42)30-19-28(37-33(41)26-14-16-36-17-15-26)10-13-31(30)46-25(3)7-5-6-18-45-32(23)21-38(4)47(43,44)29-11-8-27(35)9-12-29/h8-17,19,23-25,32,40H,5-7,18,20-22H2,1-4H3,(H,37,41)/t23-,24+,25-,32+/m0/s1. The molecule has 0 spiro atoms. The number of benzene rings is 2. The minimum Gasteiger partial charge on any atom is -0.490 e. The van der Waals surface area contributed by atoms with Gasteiger partial charge in [0.25, 0.3) is 11.8 Å². The van der Waals surface area contributed by atoms with Gasteiger partial charge in [0.2, 0.25) is 10.0 Å². The van der Waals surface area contributed by atoms with Crippen molar-refractivity contribution >= 4 is 39.1 Å². The third-order valence-corrected chi connectivity index (χ3v) is 10.3. The lowest BCUT2D eigenvalue weighted by atomic mass is 10.0. The number of nitrogens with one attached hydrogen (secondary N) is 1. The van der Waals surface area contributed by atoms with Gasteiger partial charge in [-0.15, -0.1) is 0 Å². The van der Waals surface area contributed by atoms with Crippen molar-refractivity contribution < 1.29 is 32.6 Å². The van der Waals surface area contributed by atoms with E-state index in [1.807, 2.05) is 13.8 Å². The first kappa shape index (κ1) is 36.3. The molecular weight excluding hydrogens is 644 g/mol. The molecule has 2 N–H and O–H groups in total. The predicted molar refractivity (Wildman–Crippen MR) is 180 cm³/mol. The van der Waals surface area contributed by atoms with Gasteiger partial charge in [0.05, 0.1) is 35.3 Å². The number of amides is 2. The molecule has 11 nitrogen and oxygen atoms in total. The van der Waals surface area contributed by atoms with Crippen LogP contribution in [0.1, 0.15) is 60.7 Å². The molecule has 0 radical (unpaired) electrons. The van der Waals surface area contributed by atoms with Gasteiger partial charge in [-0.25, -0.2) is 8.42 Å². The second kappa shape index (κ2) is 16.5. The first-order valence-corrected chi connectivity index (χ1v) is 17.5. The average molecular weight is 687 g/mol. The van der Waals surface area contributed by atoms with Crippen molar-refractivity contribution in [2.75, 3.05) is 38.7 Å². The van der Waals surface area contributed by atoms with Crippen LogP contribution in [0, 0.1) is 5.92 Å². The largest absolute Gasteiger partial charge is 0.490 e. The summed E-state index contributed by atoms with van der Waals surface area (Å²) in [5, 5.41) is 13.5. The van der Waals surface area contributed by atoms with Crippen molar-refractivity contribution in [1.29, 1.82) is 0 Å². The molecule has 254 valence electrons. The van der Waals surface area contributed by atoms with Crippen LogP contribution in [0.2, 0.25) is 5.02 Å². The van der Waals surface area contributed by atoms with Crippen LogP contribution in [0.15, 0.2) is 71.9 Å². The molecule has 0 saturated heterocycles. The number of carbonyl (C=O) groups is 2. The monoisotopic (exact) mass is 686 g/mol. The fourth-order valence-electron chi connectivity index (χ4n) is 5.31. The summed E-state index contributed by atoms with van der Waals surface area (Å²) in [5.74, 6) is -0.733. The number of likely N-dealkylation sites (N-methyl/N-ethyl adjacent to an activating group) is 1. The first-order chi connectivity index (χ1) is 22.4. The topological polar surface area (TPSA) is 138 Å². The molecule has 2 heterocycles. The van der Waals surface area contributed by atoms with Gasteiger partial charge in [-0.1, -0.05) is 18.5 Å². The fourth-order valence-corrected chi connectivity index (χ4v) is 6.62. The molecule has 3 aromatic rings. The minimum absolute atomic E-state index is 0.0446. The Hall–Kier alpha value is -3.55. The lowest BCUT2D eigenvalue weighted by Crippen LogP contribution is -2.48. The first-order valence-electron chi connectivity index (χ1n) is 15.7. The number of carbonyl (C=O) groups excluding carboxylic acids is 2. The van der Waals surface area contributed by atoms with E-state index < -0.39 is 28.1 Å². The van der Waals surface area contributed by atoms with Crippen LogP contribution in [0.4, 0.5) is 5.69 Å². The molecule has 4 atom stereocenters. The van der Waals surface area contributed by atoms with Crippen molar-refractivity contribution in [3.05, 3.63) is 83.1 Å². The van der Waals surface area contributed by atoms with Gasteiger partial charge in [-0.05, 0) is 87.7 Å². The zero-order valence-electron chi connectivity index (χ0n) is 27.1. The molecular formula is C34H43ClN4O7S. The Balaban J connectivity index is 1.65. The Labute approximate surface area is 281 Å². The van der Waals surface area contributed by atoms with Gasteiger partial charge in [0, 0.05) is 61.3 Å². The van der Waals surface area contributed by atoms with Crippen LogP contribution < -0.4 is 10.1 Å². The molecule has 1 aromatic heterocycles. The maximum Gasteiger partial charge on any atom is 0.258 e. The summed E-state index contributed by atoms with van der Waals surface area (Å²) in [4.78, 5) is 32.8. The third kappa shape index (κ3) is 9.51. The highest BCUT2D eigenvalue weighted by Gasteiger charge is 2.32. The van der Waals surface area contributed by atoms with Crippen LogP contribution >= 0.6 is 11.6 Å². The number of aliphatic hydroxyl groups is 1. The zero-order chi connectivity index (χ0) is 34.1. The molecule has 2 amide bonds. The number of rotatable bonds is 8. The Morgan fingerprint density at radius 1 is 1.13 bits per heavy atom. The van der Waals surface area contributed by atoms with Gasteiger partial charge in [-0.3, -0.25) is 14.6 Å². The predicted octanol–water partition coefficient (Wildman–Crippen LogP) is 5.10. The maximum absolute atomic E-state index is 14.3. The lowest BCUT2D eigenvalue weighted by molar-refractivity contribution is -0.00834. The molecule has 0 bridgehead atoms. The van der Waals surface area contributed by atoms with E-state index in [1.54, 1.807) is 42.2 Å². The van der Waals surface area contributed by atoms with Crippen molar-refractivity contribution in [2.45, 2.75) is 63.2 Å². The summed E-state index contributed by atoms with van der Waals surface area (Å²) in [7, 11) is -2.35. The van der Waals surface area contributed by atoms with E-state index in [0.29, 0.717) is 35.1 Å². The number of sulfonamides is 1. The van der Waals surface area contributed by atoms with Crippen LogP contribution in [0.3, 0.4) is 0 Å². The van der Waals surface area contributed by atoms with E-state index in [4.69, 9.17) is 21.1 Å². The summed E-state index contributed by atoms with van der Waals surface area (Å²) in [6.07, 6.45) is 4.47. The van der Waals surface area contributed by atoms with E-state index in [9.17, 15) is 23.1 Å². The summed E-state index contributed by atoms with van der Waals surface area (Å²) in [5.41, 5.74) is 1.04. The second-order valence-electron chi connectivity index (χ2n) is 11.9. The van der Waals surface area contributed by atoms with Crippen LogP contribution in [-0.2, 0) is 14.8 Å². The number of aromatic nitrogens is 1. The van der Waals surface area contributed by atoms with Crippen LogP contribution in [-0.4, -0.2) is 91.1 Å². The number of fused-ring (bicyclic) bond motifs is 1. The number of ether oxygens (including phenoxy) is 2. The molecule has 4 rings (SSSR count). The van der Waals surface area contributed by atoms with E-state index in [-0.39, 0.29) is 48.1 Å². The number of nitrogens with zero attached hydrogens (tertiary/aromatic N) is 3. The van der Waals surface area contributed by atoms with Crippen molar-refractivity contribution in [2.24, 2.45) is 5.92 Å². The highest BCUT2D eigenvalue weighted by molar-refractivity contribution is 7.89. The number of anilines is 1. The van der Waals surface area contributed by atoms with Crippen molar-refractivity contribution in [3.8, 4) is 5.75 Å². The van der Waals surface area contributed by atoms with Gasteiger partial charge in [0.1, 0.15) is 5.75 Å². The quantitative estimate of drug-likeness (QED) is 0.334. The summed E-state index contributed by atoms with van der Waals surface area (Å²) < 4.78 is 40.6. The van der Waals surface area contributed by atoms with E-state index >= 15 is 0 Å². The molecule has 0 fully saturated rings. The molecule has 0 saturated carbocycles. The fraction of sp³-hybridized carbons (Fsp3) is 0.441. The maximum atomic E-state index is 14.3. The van der Waals surface area contributed by atoms with Gasteiger partial charge in [-0.2, -0.15) is 4.31 Å². The molecule has 0 aliphatic carbocycles. The molecule has 13 heteroatoms. The lowest BCUT2D eigenvalue weighted by Gasteiger charge is -2.35. The Kier molecular flexibility index (Phi) is 12.8. The smallest absolute Gasteiger partial charge is 0.258 e. The van der Waals surface area contributed by atoms with Crippen molar-refractivity contribution in [1.82, 2.24) is 14.2 Å².